The first-order chi connectivity index (χ1) is 13.1. The number of rotatable bonds is 5. The van der Waals surface area contributed by atoms with Gasteiger partial charge in [0.15, 0.2) is 0 Å². The number of hydrogen-bond acceptors (Lipinski definition) is 5. The molecule has 0 aromatic heterocycles. The third kappa shape index (κ3) is 4.41. The Morgan fingerprint density at radius 3 is 2.57 bits per heavy atom. The topological polar surface area (TPSA) is 82.4 Å². The van der Waals surface area contributed by atoms with E-state index >= 15 is 0 Å². The van der Waals surface area contributed by atoms with E-state index in [4.69, 9.17) is 14.5 Å². The van der Waals surface area contributed by atoms with E-state index in [-0.39, 0.29) is 10.7 Å². The molecule has 0 amide bonds. The van der Waals surface area contributed by atoms with Gasteiger partial charge in [-0.3, -0.25) is 9.57 Å². The van der Waals surface area contributed by atoms with Crippen LogP contribution in [-0.2, 0) is 20.7 Å². The smallest absolute Gasteiger partial charge is 0.399 e. The first-order valence-corrected chi connectivity index (χ1v) is 11.4. The Hall–Kier alpha value is -1.45. The number of thioether (sulfide) groups is 1. The molecule has 1 unspecified atom stereocenters. The summed E-state index contributed by atoms with van der Waals surface area (Å²) >= 11 is 4.27. The fraction of sp³-hybridized carbons (Fsp3) is 0.235. The summed E-state index contributed by atoms with van der Waals surface area (Å²) in [5, 5.41) is 6.46. The standard InChI is InChI=1S/C17H16BrF2N2O4PS/c1-22-15(12-5-3-2-4-6-12)26-16(21-22)28-10-11-7-8-13(14(18)9-11)17(19,20)27(23,24)25/h2-9,15H,10H2,1H3,(H2,23,24,25). The molecule has 11 heteroatoms. The van der Waals surface area contributed by atoms with Crippen molar-refractivity contribution in [3.05, 3.63) is 69.7 Å². The molecule has 0 aliphatic carbocycles. The molecule has 28 heavy (non-hydrogen) atoms. The summed E-state index contributed by atoms with van der Waals surface area (Å²) in [6, 6.07) is 13.4. The number of ether oxygens (including phenoxy) is 1. The number of hydrogen-bond donors (Lipinski definition) is 2. The molecule has 3 rings (SSSR count). The van der Waals surface area contributed by atoms with Gasteiger partial charge in [0.05, 0.1) is 0 Å². The summed E-state index contributed by atoms with van der Waals surface area (Å²) in [5.74, 6) is 0.383. The van der Waals surface area contributed by atoms with Crippen LogP contribution in [0.3, 0.4) is 0 Å². The van der Waals surface area contributed by atoms with E-state index in [0.29, 0.717) is 16.5 Å². The van der Waals surface area contributed by atoms with Crippen molar-refractivity contribution in [2.45, 2.75) is 17.6 Å². The second-order valence-electron chi connectivity index (χ2n) is 6.01. The monoisotopic (exact) mass is 492 g/mol. The Labute approximate surface area is 172 Å². The van der Waals surface area contributed by atoms with Crippen molar-refractivity contribution in [1.82, 2.24) is 5.01 Å². The zero-order valence-corrected chi connectivity index (χ0v) is 17.8. The normalized spacial score (nSPS) is 17.4. The second-order valence-corrected chi connectivity index (χ2v) is 9.44. The highest BCUT2D eigenvalue weighted by atomic mass is 79.9. The van der Waals surface area contributed by atoms with Crippen molar-refractivity contribution in [3.8, 4) is 0 Å². The largest absolute Gasteiger partial charge is 0.442 e. The van der Waals surface area contributed by atoms with Crippen molar-refractivity contribution >= 4 is 40.5 Å². The van der Waals surface area contributed by atoms with Gasteiger partial charge in [-0.15, -0.1) is 5.10 Å². The van der Waals surface area contributed by atoms with Crippen LogP contribution in [0.25, 0.3) is 0 Å². The third-order valence-electron chi connectivity index (χ3n) is 3.96. The van der Waals surface area contributed by atoms with Crippen LogP contribution in [0.5, 0.6) is 0 Å². The van der Waals surface area contributed by atoms with Crippen LogP contribution < -0.4 is 0 Å². The van der Waals surface area contributed by atoms with Crippen LogP contribution >= 0.6 is 35.3 Å². The van der Waals surface area contributed by atoms with Gasteiger partial charge in [-0.2, -0.15) is 8.78 Å². The van der Waals surface area contributed by atoms with Crippen LogP contribution in [0, 0.1) is 0 Å². The number of nitrogens with zero attached hydrogens (tertiary/aromatic N) is 2. The average Bonchev–Trinajstić information content (AvgIpc) is 3.00. The van der Waals surface area contributed by atoms with Crippen LogP contribution in [-0.4, -0.2) is 27.1 Å². The molecule has 0 spiro atoms. The fourth-order valence-corrected chi connectivity index (χ4v) is 4.69. The Morgan fingerprint density at radius 2 is 1.96 bits per heavy atom. The average molecular weight is 493 g/mol. The molecular formula is C17H16BrF2N2O4PS. The molecule has 0 radical (unpaired) electrons. The molecule has 1 atom stereocenters. The number of hydrazone groups is 1. The first-order valence-electron chi connectivity index (χ1n) is 7.98. The van der Waals surface area contributed by atoms with Crippen molar-refractivity contribution in [2.24, 2.45) is 5.10 Å². The molecule has 0 saturated carbocycles. The van der Waals surface area contributed by atoms with E-state index in [2.05, 4.69) is 21.0 Å². The Balaban J connectivity index is 1.67. The van der Waals surface area contributed by atoms with Crippen LogP contribution in [0.2, 0.25) is 0 Å². The van der Waals surface area contributed by atoms with E-state index in [1.54, 1.807) is 12.1 Å². The zero-order valence-electron chi connectivity index (χ0n) is 14.5. The SMILES string of the molecule is CN1N=C(SCc2ccc(C(F)(F)P(=O)(O)O)c(Br)c2)OC1c1ccccc1. The Kier molecular flexibility index (Phi) is 6.17. The van der Waals surface area contributed by atoms with E-state index in [9.17, 15) is 13.3 Å². The van der Waals surface area contributed by atoms with E-state index in [1.807, 2.05) is 30.3 Å². The maximum atomic E-state index is 13.9. The summed E-state index contributed by atoms with van der Waals surface area (Å²) in [5.41, 5.74) is -3.40. The van der Waals surface area contributed by atoms with Crippen molar-refractivity contribution in [3.63, 3.8) is 0 Å². The van der Waals surface area contributed by atoms with Gasteiger partial charge in [0.2, 0.25) is 6.23 Å². The van der Waals surface area contributed by atoms with Crippen molar-refractivity contribution in [2.75, 3.05) is 7.05 Å². The minimum atomic E-state index is -5.62. The van der Waals surface area contributed by atoms with Gasteiger partial charge in [-0.1, -0.05) is 70.2 Å². The summed E-state index contributed by atoms with van der Waals surface area (Å²) in [6.07, 6.45) is -0.334. The minimum Gasteiger partial charge on any atom is -0.442 e. The summed E-state index contributed by atoms with van der Waals surface area (Å²) in [4.78, 5) is 17.8. The van der Waals surface area contributed by atoms with Gasteiger partial charge in [-0.25, -0.2) is 0 Å². The maximum Gasteiger partial charge on any atom is 0.399 e. The molecule has 1 heterocycles. The lowest BCUT2D eigenvalue weighted by atomic mass is 10.1. The van der Waals surface area contributed by atoms with E-state index < -0.39 is 18.8 Å². The highest BCUT2D eigenvalue weighted by Crippen LogP contribution is 2.60. The molecule has 2 aromatic carbocycles. The fourth-order valence-electron chi connectivity index (χ4n) is 2.54. The predicted octanol–water partition coefficient (Wildman–Crippen LogP) is 4.84. The molecule has 1 aliphatic heterocycles. The van der Waals surface area contributed by atoms with Crippen LogP contribution in [0.4, 0.5) is 8.78 Å². The van der Waals surface area contributed by atoms with E-state index in [1.165, 1.54) is 23.9 Å². The van der Waals surface area contributed by atoms with Gasteiger partial charge in [0.25, 0.3) is 5.23 Å². The number of alkyl halides is 2. The van der Waals surface area contributed by atoms with Crippen molar-refractivity contribution in [1.29, 1.82) is 0 Å². The summed E-state index contributed by atoms with van der Waals surface area (Å²) in [7, 11) is -3.83. The molecule has 0 fully saturated rings. The lowest BCUT2D eigenvalue weighted by Gasteiger charge is -2.19. The van der Waals surface area contributed by atoms with Crippen LogP contribution in [0.15, 0.2) is 58.1 Å². The quantitative estimate of drug-likeness (QED) is 0.581. The van der Waals surface area contributed by atoms with E-state index in [0.717, 1.165) is 11.6 Å². The first kappa shape index (κ1) is 21.3. The third-order valence-corrected chi connectivity index (χ3v) is 6.49. The molecular weight excluding hydrogens is 477 g/mol. The van der Waals surface area contributed by atoms with Gasteiger partial charge >= 0.3 is 13.3 Å². The summed E-state index contributed by atoms with van der Waals surface area (Å²) in [6.45, 7) is 0. The number of benzene rings is 2. The Morgan fingerprint density at radius 1 is 1.29 bits per heavy atom. The minimum absolute atomic E-state index is 0.0764. The number of halogens is 3. The van der Waals surface area contributed by atoms with Gasteiger partial charge in [0, 0.05) is 28.4 Å². The molecule has 0 bridgehead atoms. The second kappa shape index (κ2) is 8.12. The highest BCUT2D eigenvalue weighted by molar-refractivity contribution is 9.10. The summed E-state index contributed by atoms with van der Waals surface area (Å²) < 4.78 is 44.6. The lowest BCUT2D eigenvalue weighted by molar-refractivity contribution is 0.0557. The molecule has 150 valence electrons. The zero-order chi connectivity index (χ0) is 20.5. The van der Waals surface area contributed by atoms with Gasteiger partial charge < -0.3 is 14.5 Å². The molecule has 6 nitrogen and oxygen atoms in total. The predicted molar refractivity (Wildman–Crippen MR) is 107 cm³/mol. The maximum absolute atomic E-state index is 13.9. The Bertz CT molecular complexity index is 942. The molecule has 1 aliphatic rings. The highest BCUT2D eigenvalue weighted by Gasteiger charge is 2.51. The van der Waals surface area contributed by atoms with Gasteiger partial charge in [-0.05, 0) is 11.6 Å². The lowest BCUT2D eigenvalue weighted by Crippen LogP contribution is -2.15. The van der Waals surface area contributed by atoms with Crippen LogP contribution in [0.1, 0.15) is 22.9 Å². The van der Waals surface area contributed by atoms with Gasteiger partial charge in [0.1, 0.15) is 0 Å². The molecule has 2 aromatic rings. The molecule has 0 saturated heterocycles. The molecule has 2 N–H and O–H groups in total. The van der Waals surface area contributed by atoms with Crippen molar-refractivity contribution < 1.29 is 27.9 Å².